The Bertz CT molecular complexity index is 960. The lowest BCUT2D eigenvalue weighted by Gasteiger charge is -2.10. The van der Waals surface area contributed by atoms with E-state index in [2.05, 4.69) is 26.8 Å². The first-order valence-corrected chi connectivity index (χ1v) is 8.76. The largest absolute Gasteiger partial charge is 0.459 e. The molecule has 0 amide bonds. The number of rotatable bonds is 4. The smallest absolute Gasteiger partial charge is 0.342 e. The monoisotopic (exact) mass is 355 g/mol. The molecule has 25 heavy (non-hydrogen) atoms. The Balaban J connectivity index is 1.91. The molecular weight excluding hydrogens is 338 g/mol. The molecule has 128 valence electrons. The van der Waals surface area contributed by atoms with Crippen LogP contribution in [0.3, 0.4) is 0 Å². The average molecular weight is 356 g/mol. The van der Waals surface area contributed by atoms with E-state index in [1.165, 1.54) is 19.0 Å². The Kier molecular flexibility index (Phi) is 3.96. The maximum atomic E-state index is 12.5. The summed E-state index contributed by atoms with van der Waals surface area (Å²) in [5, 5.41) is 1.15. The highest BCUT2D eigenvalue weighted by molar-refractivity contribution is 6.28. The van der Waals surface area contributed by atoms with Gasteiger partial charge in [-0.15, -0.1) is 0 Å². The highest BCUT2D eigenvalue weighted by atomic mass is 35.5. The van der Waals surface area contributed by atoms with Gasteiger partial charge in [0.2, 0.25) is 5.28 Å². The van der Waals surface area contributed by atoms with Crippen LogP contribution in [-0.2, 0) is 4.74 Å². The van der Waals surface area contributed by atoms with Gasteiger partial charge in [0.25, 0.3) is 0 Å². The highest BCUT2D eigenvalue weighted by Gasteiger charge is 2.28. The molecule has 2 aromatic heterocycles. The van der Waals surface area contributed by atoms with Crippen LogP contribution in [0, 0.1) is 0 Å². The van der Waals surface area contributed by atoms with Gasteiger partial charge < -0.3 is 9.30 Å². The first kappa shape index (κ1) is 16.1. The van der Waals surface area contributed by atoms with Crippen molar-refractivity contribution in [1.29, 1.82) is 0 Å². The zero-order valence-electron chi connectivity index (χ0n) is 14.1. The minimum absolute atomic E-state index is 0.111. The molecule has 0 saturated heterocycles. The summed E-state index contributed by atoms with van der Waals surface area (Å²) >= 11 is 6.03. The Morgan fingerprint density at radius 3 is 2.80 bits per heavy atom. The molecule has 2 heterocycles. The van der Waals surface area contributed by atoms with Crippen LogP contribution in [0.1, 0.15) is 43.1 Å². The molecule has 1 saturated carbocycles. The van der Waals surface area contributed by atoms with E-state index in [9.17, 15) is 4.79 Å². The minimum atomic E-state index is -0.440. The second-order valence-electron chi connectivity index (χ2n) is 6.55. The molecule has 1 fully saturated rings. The van der Waals surface area contributed by atoms with Gasteiger partial charge in [0.15, 0.2) is 0 Å². The van der Waals surface area contributed by atoms with Crippen LogP contribution in [0.5, 0.6) is 0 Å². The van der Waals surface area contributed by atoms with Crippen LogP contribution in [0.15, 0.2) is 36.7 Å². The van der Waals surface area contributed by atoms with Gasteiger partial charge in [0.05, 0.1) is 11.8 Å². The number of hydrogen-bond donors (Lipinski definition) is 0. The normalized spacial score (nSPS) is 14.2. The van der Waals surface area contributed by atoms with Crippen LogP contribution in [-0.4, -0.2) is 26.6 Å². The van der Waals surface area contributed by atoms with Crippen LogP contribution in [0.4, 0.5) is 0 Å². The molecule has 0 spiro atoms. The minimum Gasteiger partial charge on any atom is -0.459 e. The Morgan fingerprint density at radius 1 is 1.32 bits per heavy atom. The number of aromatic nitrogens is 3. The predicted molar refractivity (Wildman–Crippen MR) is 96.8 cm³/mol. The average Bonchev–Trinajstić information content (AvgIpc) is 3.34. The second kappa shape index (κ2) is 6.15. The first-order valence-electron chi connectivity index (χ1n) is 8.38. The van der Waals surface area contributed by atoms with Crippen molar-refractivity contribution in [3.8, 4) is 11.3 Å². The summed E-state index contributed by atoms with van der Waals surface area (Å²) in [6.45, 7) is 3.63. The first-order chi connectivity index (χ1) is 12.0. The third-order valence-electron chi connectivity index (χ3n) is 4.26. The lowest BCUT2D eigenvalue weighted by molar-refractivity contribution is 0.0378. The van der Waals surface area contributed by atoms with E-state index in [4.69, 9.17) is 16.3 Å². The zero-order chi connectivity index (χ0) is 17.6. The molecule has 1 aliphatic rings. The fourth-order valence-corrected chi connectivity index (χ4v) is 3.17. The van der Waals surface area contributed by atoms with E-state index >= 15 is 0 Å². The van der Waals surface area contributed by atoms with Gasteiger partial charge in [-0.2, -0.15) is 0 Å². The fraction of sp³-hybridized carbons (Fsp3) is 0.316. The fourth-order valence-electron chi connectivity index (χ4n) is 3.04. The van der Waals surface area contributed by atoms with Crippen molar-refractivity contribution in [1.82, 2.24) is 14.5 Å². The maximum absolute atomic E-state index is 12.5. The summed E-state index contributed by atoms with van der Waals surface area (Å²) in [5.41, 5.74) is 2.86. The standard InChI is InChI=1S/C19H18ClN3O2/c1-11(2)25-18(24)14-9-21-19(20)22-17(14)15-10-23(12-7-8-12)16-6-4-3-5-13(15)16/h3-6,9-12H,7-8H2,1-2H3. The third-order valence-corrected chi connectivity index (χ3v) is 4.44. The number of hydrogen-bond acceptors (Lipinski definition) is 4. The summed E-state index contributed by atoms with van der Waals surface area (Å²) in [6.07, 6.45) is 5.63. The second-order valence-corrected chi connectivity index (χ2v) is 6.89. The van der Waals surface area contributed by atoms with Gasteiger partial charge in [-0.05, 0) is 44.4 Å². The van der Waals surface area contributed by atoms with Gasteiger partial charge in [-0.25, -0.2) is 14.8 Å². The zero-order valence-corrected chi connectivity index (χ0v) is 14.8. The topological polar surface area (TPSA) is 57.0 Å². The van der Waals surface area contributed by atoms with Crippen molar-refractivity contribution in [3.63, 3.8) is 0 Å². The van der Waals surface area contributed by atoms with Crippen LogP contribution < -0.4 is 0 Å². The number of ether oxygens (including phenoxy) is 1. The lowest BCUT2D eigenvalue weighted by Crippen LogP contribution is -2.13. The van der Waals surface area contributed by atoms with Crippen molar-refractivity contribution in [3.05, 3.63) is 47.5 Å². The van der Waals surface area contributed by atoms with Gasteiger partial charge in [-0.3, -0.25) is 0 Å². The van der Waals surface area contributed by atoms with Crippen LogP contribution >= 0.6 is 11.6 Å². The SMILES string of the molecule is CC(C)OC(=O)c1cnc(Cl)nc1-c1cn(C2CC2)c2ccccc12. The van der Waals surface area contributed by atoms with Gasteiger partial charge >= 0.3 is 5.97 Å². The predicted octanol–water partition coefficient (Wildman–Crippen LogP) is 4.65. The van der Waals surface area contributed by atoms with Crippen molar-refractivity contribution in [2.45, 2.75) is 38.8 Å². The maximum Gasteiger partial charge on any atom is 0.342 e. The van der Waals surface area contributed by atoms with Gasteiger partial charge in [0.1, 0.15) is 5.56 Å². The number of para-hydroxylation sites is 1. The summed E-state index contributed by atoms with van der Waals surface area (Å²) in [7, 11) is 0. The Labute approximate surface area is 150 Å². The third kappa shape index (κ3) is 3.00. The molecule has 0 unspecified atom stereocenters. The molecule has 0 aliphatic heterocycles. The van der Waals surface area contributed by atoms with E-state index in [0.717, 1.165) is 16.5 Å². The van der Waals surface area contributed by atoms with Crippen molar-refractivity contribution in [2.24, 2.45) is 0 Å². The Hall–Kier alpha value is -2.40. The summed E-state index contributed by atoms with van der Waals surface area (Å²) in [5.74, 6) is -0.440. The van der Waals surface area contributed by atoms with E-state index in [1.807, 2.05) is 32.0 Å². The number of esters is 1. The molecule has 5 nitrogen and oxygen atoms in total. The summed E-state index contributed by atoms with van der Waals surface area (Å²) in [4.78, 5) is 20.8. The number of halogens is 1. The van der Waals surface area contributed by atoms with E-state index < -0.39 is 5.97 Å². The molecule has 0 atom stereocenters. The quantitative estimate of drug-likeness (QED) is 0.505. The number of fused-ring (bicyclic) bond motifs is 1. The Morgan fingerprint density at radius 2 is 2.08 bits per heavy atom. The molecule has 1 aliphatic carbocycles. The molecule has 4 rings (SSSR count). The number of carbonyl (C=O) groups is 1. The van der Waals surface area contributed by atoms with Gasteiger partial charge in [-0.1, -0.05) is 18.2 Å². The van der Waals surface area contributed by atoms with Crippen molar-refractivity contribution >= 4 is 28.5 Å². The van der Waals surface area contributed by atoms with Crippen LogP contribution in [0.25, 0.3) is 22.2 Å². The molecule has 1 aromatic carbocycles. The molecule has 0 bridgehead atoms. The highest BCUT2D eigenvalue weighted by Crippen LogP contribution is 2.41. The molecule has 6 heteroatoms. The van der Waals surface area contributed by atoms with Gasteiger partial charge in [0, 0.05) is 34.9 Å². The molecule has 3 aromatic rings. The lowest BCUT2D eigenvalue weighted by atomic mass is 10.1. The molecular formula is C19H18ClN3O2. The van der Waals surface area contributed by atoms with E-state index in [1.54, 1.807) is 0 Å². The number of nitrogens with zero attached hydrogens (tertiary/aromatic N) is 3. The molecule has 0 N–H and O–H groups in total. The molecule has 0 radical (unpaired) electrons. The summed E-state index contributed by atoms with van der Waals surface area (Å²) in [6, 6.07) is 8.65. The number of benzene rings is 1. The number of carbonyl (C=O) groups excluding carboxylic acids is 1. The summed E-state index contributed by atoms with van der Waals surface area (Å²) < 4.78 is 7.61. The van der Waals surface area contributed by atoms with E-state index in [-0.39, 0.29) is 11.4 Å². The van der Waals surface area contributed by atoms with Crippen molar-refractivity contribution in [2.75, 3.05) is 0 Å². The van der Waals surface area contributed by atoms with Crippen molar-refractivity contribution < 1.29 is 9.53 Å². The van der Waals surface area contributed by atoms with Crippen LogP contribution in [0.2, 0.25) is 5.28 Å². The van der Waals surface area contributed by atoms with E-state index in [0.29, 0.717) is 17.3 Å².